The molecule has 2 aromatic rings. The number of ether oxygens (including phenoxy) is 2. The lowest BCUT2D eigenvalue weighted by atomic mass is 10.2. The predicted octanol–water partition coefficient (Wildman–Crippen LogP) is 4.07. The lowest BCUT2D eigenvalue weighted by molar-refractivity contribution is -0.130. The quantitative estimate of drug-likeness (QED) is 0.729. The Bertz CT molecular complexity index is 894. The molecule has 7 heteroatoms. The Morgan fingerprint density at radius 3 is 2.68 bits per heavy atom. The maximum absolute atomic E-state index is 13.3. The summed E-state index contributed by atoms with van der Waals surface area (Å²) in [5.74, 6) is 0.0780. The molecule has 1 amide bonds. The van der Waals surface area contributed by atoms with Crippen LogP contribution in [0.1, 0.15) is 12.0 Å². The minimum absolute atomic E-state index is 0.0498. The van der Waals surface area contributed by atoms with Crippen LogP contribution >= 0.6 is 11.8 Å². The number of thioether (sulfide) groups is 1. The van der Waals surface area contributed by atoms with Crippen LogP contribution in [0.2, 0.25) is 0 Å². The molecule has 0 aliphatic carbocycles. The van der Waals surface area contributed by atoms with Crippen molar-refractivity contribution >= 4 is 34.6 Å². The molecular formula is C21H19FN2O3S. The van der Waals surface area contributed by atoms with Gasteiger partial charge in [-0.3, -0.25) is 9.69 Å². The molecule has 0 aromatic heterocycles. The first-order valence-corrected chi connectivity index (χ1v) is 9.97. The van der Waals surface area contributed by atoms with E-state index in [0.717, 1.165) is 12.0 Å². The van der Waals surface area contributed by atoms with E-state index in [9.17, 15) is 9.18 Å². The number of aliphatic imine (C=N–C) groups is 1. The van der Waals surface area contributed by atoms with E-state index in [1.54, 1.807) is 18.2 Å². The van der Waals surface area contributed by atoms with E-state index in [4.69, 9.17) is 9.47 Å². The summed E-state index contributed by atoms with van der Waals surface area (Å²) in [6.07, 6.45) is 2.61. The second kappa shape index (κ2) is 8.68. The first-order chi connectivity index (χ1) is 13.7. The van der Waals surface area contributed by atoms with Gasteiger partial charge in [0.25, 0.3) is 5.91 Å². The van der Waals surface area contributed by atoms with Crippen molar-refractivity contribution in [2.24, 2.45) is 4.99 Å². The van der Waals surface area contributed by atoms with Gasteiger partial charge in [0.15, 0.2) is 5.17 Å². The van der Waals surface area contributed by atoms with Gasteiger partial charge in [-0.2, -0.15) is 0 Å². The molecule has 2 aliphatic heterocycles. The van der Waals surface area contributed by atoms with Crippen LogP contribution in [-0.4, -0.2) is 36.3 Å². The Labute approximate surface area is 166 Å². The number of nitrogens with zero attached hydrogens (tertiary/aromatic N) is 2. The van der Waals surface area contributed by atoms with Crippen molar-refractivity contribution in [2.75, 3.05) is 24.1 Å². The Morgan fingerprint density at radius 2 is 1.96 bits per heavy atom. The molecule has 0 spiro atoms. The molecule has 1 fully saturated rings. The lowest BCUT2D eigenvalue weighted by Gasteiger charge is -2.23. The highest BCUT2D eigenvalue weighted by Gasteiger charge is 2.32. The standard InChI is InChI=1S/C21H19FN2O3S/c22-16-6-8-17(9-7-16)24-20(25)19(12-15-4-2-1-3-5-15)23-21(24)28-13-18-10-11-26-14-27-18/h1-9,12,18H,10-11,13-14H2/b19-12+/t18-/m0/s1. The van der Waals surface area contributed by atoms with E-state index in [2.05, 4.69) is 4.99 Å². The van der Waals surface area contributed by atoms with Crippen LogP contribution in [-0.2, 0) is 14.3 Å². The molecule has 5 nitrogen and oxygen atoms in total. The van der Waals surface area contributed by atoms with E-state index < -0.39 is 0 Å². The summed E-state index contributed by atoms with van der Waals surface area (Å²) >= 11 is 1.46. The first-order valence-electron chi connectivity index (χ1n) is 8.98. The molecular weight excluding hydrogens is 379 g/mol. The zero-order valence-electron chi connectivity index (χ0n) is 15.1. The number of amidine groups is 1. The molecule has 0 bridgehead atoms. The van der Waals surface area contributed by atoms with Gasteiger partial charge in [-0.1, -0.05) is 42.1 Å². The fourth-order valence-corrected chi connectivity index (χ4v) is 4.00. The van der Waals surface area contributed by atoms with Crippen LogP contribution in [0.3, 0.4) is 0 Å². The van der Waals surface area contributed by atoms with Gasteiger partial charge in [0.05, 0.1) is 18.4 Å². The SMILES string of the molecule is O=C1/C(=C\c2ccccc2)N=C(SC[C@@H]2CCOCO2)N1c1ccc(F)cc1. The highest BCUT2D eigenvalue weighted by atomic mass is 32.2. The van der Waals surface area contributed by atoms with Crippen LogP contribution in [0, 0.1) is 5.82 Å². The third-order valence-corrected chi connectivity index (χ3v) is 5.46. The van der Waals surface area contributed by atoms with Crippen molar-refractivity contribution < 1.29 is 18.7 Å². The molecule has 4 rings (SSSR count). The minimum Gasteiger partial charge on any atom is -0.355 e. The summed E-state index contributed by atoms with van der Waals surface area (Å²) in [5.41, 5.74) is 1.83. The van der Waals surface area contributed by atoms with Gasteiger partial charge in [0, 0.05) is 5.75 Å². The Kier molecular flexibility index (Phi) is 5.85. The van der Waals surface area contributed by atoms with E-state index >= 15 is 0 Å². The second-order valence-electron chi connectivity index (χ2n) is 6.37. The van der Waals surface area contributed by atoms with E-state index in [1.807, 2.05) is 30.3 Å². The third kappa shape index (κ3) is 4.32. The lowest BCUT2D eigenvalue weighted by Crippen LogP contribution is -2.32. The molecule has 2 aromatic carbocycles. The van der Waals surface area contributed by atoms with Crippen LogP contribution in [0.15, 0.2) is 65.3 Å². The van der Waals surface area contributed by atoms with Crippen LogP contribution in [0.25, 0.3) is 6.08 Å². The van der Waals surface area contributed by atoms with Crippen molar-refractivity contribution in [1.29, 1.82) is 0 Å². The third-order valence-electron chi connectivity index (χ3n) is 4.39. The molecule has 2 heterocycles. The van der Waals surface area contributed by atoms with Gasteiger partial charge in [-0.25, -0.2) is 9.38 Å². The molecule has 1 atom stereocenters. The minimum atomic E-state index is -0.350. The van der Waals surface area contributed by atoms with Crippen molar-refractivity contribution in [3.8, 4) is 0 Å². The number of amides is 1. The number of rotatable bonds is 4. The summed E-state index contributed by atoms with van der Waals surface area (Å²) in [6.45, 7) is 0.953. The van der Waals surface area contributed by atoms with E-state index in [-0.39, 0.29) is 24.6 Å². The molecule has 0 radical (unpaired) electrons. The maximum atomic E-state index is 13.3. The maximum Gasteiger partial charge on any atom is 0.283 e. The number of hydrogen-bond acceptors (Lipinski definition) is 5. The number of benzene rings is 2. The Hall–Kier alpha value is -2.48. The second-order valence-corrected chi connectivity index (χ2v) is 7.35. The number of halogens is 1. The van der Waals surface area contributed by atoms with Gasteiger partial charge >= 0.3 is 0 Å². The average Bonchev–Trinajstić information content (AvgIpc) is 3.04. The van der Waals surface area contributed by atoms with E-state index in [1.165, 1.54) is 28.8 Å². The number of carbonyl (C=O) groups excluding carboxylic acids is 1. The largest absolute Gasteiger partial charge is 0.355 e. The Balaban J connectivity index is 1.60. The summed E-state index contributed by atoms with van der Waals surface area (Å²) < 4.78 is 24.1. The van der Waals surface area contributed by atoms with Gasteiger partial charge in [-0.15, -0.1) is 0 Å². The molecule has 144 valence electrons. The van der Waals surface area contributed by atoms with Crippen molar-refractivity contribution in [3.05, 3.63) is 71.7 Å². The summed E-state index contributed by atoms with van der Waals surface area (Å²) in [5, 5.41) is 0.564. The topological polar surface area (TPSA) is 51.1 Å². The predicted molar refractivity (Wildman–Crippen MR) is 109 cm³/mol. The molecule has 28 heavy (non-hydrogen) atoms. The number of anilines is 1. The first kappa shape index (κ1) is 18.9. The van der Waals surface area contributed by atoms with Gasteiger partial charge in [-0.05, 0) is 42.3 Å². The highest BCUT2D eigenvalue weighted by molar-refractivity contribution is 8.14. The van der Waals surface area contributed by atoms with Crippen molar-refractivity contribution in [3.63, 3.8) is 0 Å². The van der Waals surface area contributed by atoms with Crippen molar-refractivity contribution in [2.45, 2.75) is 12.5 Å². The molecule has 2 aliphatic rings. The normalized spacial score (nSPS) is 21.2. The van der Waals surface area contributed by atoms with Crippen LogP contribution < -0.4 is 4.90 Å². The molecule has 0 N–H and O–H groups in total. The summed E-state index contributed by atoms with van der Waals surface area (Å²) in [4.78, 5) is 19.1. The van der Waals surface area contributed by atoms with Crippen LogP contribution in [0.5, 0.6) is 0 Å². The fraction of sp³-hybridized carbons (Fsp3) is 0.238. The van der Waals surface area contributed by atoms with E-state index in [0.29, 0.717) is 28.9 Å². The summed E-state index contributed by atoms with van der Waals surface area (Å²) in [7, 11) is 0. The summed E-state index contributed by atoms with van der Waals surface area (Å²) in [6, 6.07) is 15.4. The molecule has 1 saturated heterocycles. The smallest absolute Gasteiger partial charge is 0.283 e. The highest BCUT2D eigenvalue weighted by Crippen LogP contribution is 2.30. The fourth-order valence-electron chi connectivity index (χ4n) is 2.92. The Morgan fingerprint density at radius 1 is 1.18 bits per heavy atom. The number of hydrogen-bond donors (Lipinski definition) is 0. The molecule has 0 unspecified atom stereocenters. The number of carbonyl (C=O) groups is 1. The van der Waals surface area contributed by atoms with Gasteiger partial charge in [0.1, 0.15) is 18.3 Å². The van der Waals surface area contributed by atoms with Gasteiger partial charge in [0.2, 0.25) is 0 Å². The zero-order chi connectivity index (χ0) is 19.3. The molecule has 0 saturated carbocycles. The van der Waals surface area contributed by atoms with Gasteiger partial charge < -0.3 is 9.47 Å². The zero-order valence-corrected chi connectivity index (χ0v) is 15.9. The average molecular weight is 398 g/mol. The van der Waals surface area contributed by atoms with Crippen molar-refractivity contribution in [1.82, 2.24) is 0 Å². The van der Waals surface area contributed by atoms with Crippen LogP contribution in [0.4, 0.5) is 10.1 Å². The monoisotopic (exact) mass is 398 g/mol.